The van der Waals surface area contributed by atoms with Crippen LogP contribution in [0.1, 0.15) is 43.2 Å². The van der Waals surface area contributed by atoms with E-state index in [1.165, 1.54) is 27.9 Å². The number of hydrogen-bond acceptors (Lipinski definition) is 5. The number of aliphatic imine (C=N–C) groups is 1. The van der Waals surface area contributed by atoms with E-state index in [2.05, 4.69) is 58.1 Å². The second kappa shape index (κ2) is 7.72. The lowest BCUT2D eigenvalue weighted by atomic mass is 9.93. The molecule has 2 aliphatic rings. The van der Waals surface area contributed by atoms with E-state index >= 15 is 0 Å². The zero-order valence-electron chi connectivity index (χ0n) is 16.4. The third kappa shape index (κ3) is 3.61. The molecule has 2 aliphatic heterocycles. The first-order valence-electron chi connectivity index (χ1n) is 9.56. The molecule has 5 nitrogen and oxygen atoms in total. The highest BCUT2D eigenvalue weighted by atomic mass is 32.2. The summed E-state index contributed by atoms with van der Waals surface area (Å²) >= 11 is 3.02. The first-order chi connectivity index (χ1) is 13.5. The number of carbonyl (C=O) groups excluding carboxylic acids is 1. The summed E-state index contributed by atoms with van der Waals surface area (Å²) in [6.45, 7) is 7.91. The predicted molar refractivity (Wildman–Crippen MR) is 120 cm³/mol. The van der Waals surface area contributed by atoms with Crippen molar-refractivity contribution in [3.8, 4) is 0 Å². The number of aryl methyl sites for hydroxylation is 1. The molecule has 0 unspecified atom stereocenters. The fraction of sp³-hybridized carbons (Fsp3) is 0.381. The summed E-state index contributed by atoms with van der Waals surface area (Å²) in [5, 5.41) is 6.37. The van der Waals surface area contributed by atoms with Gasteiger partial charge in [0.15, 0.2) is 0 Å². The molecule has 146 valence electrons. The number of benzene rings is 1. The number of anilines is 1. The quantitative estimate of drug-likeness (QED) is 0.576. The fourth-order valence-electron chi connectivity index (χ4n) is 3.77. The van der Waals surface area contributed by atoms with Crippen LogP contribution in [0.25, 0.3) is 0 Å². The highest BCUT2D eigenvalue weighted by Crippen LogP contribution is 2.35. The highest BCUT2D eigenvalue weighted by molar-refractivity contribution is 8.15. The zero-order chi connectivity index (χ0) is 19.7. The van der Waals surface area contributed by atoms with E-state index in [1.807, 2.05) is 13.8 Å². The van der Waals surface area contributed by atoms with Gasteiger partial charge in [-0.25, -0.2) is 5.43 Å². The van der Waals surface area contributed by atoms with Crippen LogP contribution in [-0.4, -0.2) is 34.6 Å². The minimum atomic E-state index is -0.350. The summed E-state index contributed by atoms with van der Waals surface area (Å²) in [4.78, 5) is 20.1. The van der Waals surface area contributed by atoms with E-state index in [-0.39, 0.29) is 9.99 Å². The molecule has 28 heavy (non-hydrogen) atoms. The summed E-state index contributed by atoms with van der Waals surface area (Å²) in [7, 11) is 0. The molecule has 4 rings (SSSR count). The number of carbonyl (C=O) groups is 1. The Hall–Kier alpha value is -2.12. The summed E-state index contributed by atoms with van der Waals surface area (Å²) in [5.74, 6) is 1.06. The van der Waals surface area contributed by atoms with Crippen molar-refractivity contribution >= 4 is 45.6 Å². The van der Waals surface area contributed by atoms with Crippen LogP contribution < -0.4 is 10.3 Å². The van der Waals surface area contributed by atoms with Gasteiger partial charge in [-0.1, -0.05) is 23.9 Å². The SMILES string of the molecule is CCN=C(c1cccs1)N1CCCc2cc(C3=NNC(=O)SC3(C)C)ccc21. The number of fused-ring (bicyclic) bond motifs is 1. The van der Waals surface area contributed by atoms with Gasteiger partial charge < -0.3 is 4.90 Å². The van der Waals surface area contributed by atoms with Crippen LogP contribution in [0.3, 0.4) is 0 Å². The number of thiophene rings is 1. The molecular formula is C21H24N4OS2. The maximum absolute atomic E-state index is 11.7. The number of nitrogens with zero attached hydrogens (tertiary/aromatic N) is 3. The molecule has 0 fully saturated rings. The predicted octanol–water partition coefficient (Wildman–Crippen LogP) is 4.91. The first-order valence-corrected chi connectivity index (χ1v) is 11.3. The molecule has 0 radical (unpaired) electrons. The van der Waals surface area contributed by atoms with Gasteiger partial charge in [-0.15, -0.1) is 11.3 Å². The molecule has 0 spiro atoms. The molecular weight excluding hydrogens is 388 g/mol. The van der Waals surface area contributed by atoms with Gasteiger partial charge in [-0.3, -0.25) is 9.79 Å². The third-order valence-corrected chi connectivity index (χ3v) is 6.80. The highest BCUT2D eigenvalue weighted by Gasteiger charge is 2.34. The van der Waals surface area contributed by atoms with Crippen LogP contribution >= 0.6 is 23.1 Å². The van der Waals surface area contributed by atoms with Crippen molar-refractivity contribution in [2.45, 2.75) is 38.4 Å². The van der Waals surface area contributed by atoms with Gasteiger partial charge >= 0.3 is 0 Å². The molecule has 1 amide bonds. The van der Waals surface area contributed by atoms with Crippen LogP contribution in [0.2, 0.25) is 0 Å². The smallest absolute Gasteiger partial charge is 0.300 e. The Balaban J connectivity index is 1.72. The number of amides is 1. The summed E-state index contributed by atoms with van der Waals surface area (Å²) in [6, 6.07) is 10.8. The maximum atomic E-state index is 11.7. The lowest BCUT2D eigenvalue weighted by Crippen LogP contribution is -2.39. The number of hydrogen-bond donors (Lipinski definition) is 1. The van der Waals surface area contributed by atoms with Crippen LogP contribution in [0.15, 0.2) is 45.8 Å². The number of nitrogens with one attached hydrogen (secondary N) is 1. The molecule has 0 bridgehead atoms. The van der Waals surface area contributed by atoms with Crippen molar-refractivity contribution in [1.29, 1.82) is 0 Å². The number of thioether (sulfide) groups is 1. The van der Waals surface area contributed by atoms with Crippen LogP contribution in [0, 0.1) is 0 Å². The second-order valence-electron chi connectivity index (χ2n) is 7.35. The van der Waals surface area contributed by atoms with Gasteiger partial charge in [0.25, 0.3) is 5.24 Å². The van der Waals surface area contributed by atoms with Crippen LogP contribution in [0.5, 0.6) is 0 Å². The van der Waals surface area contributed by atoms with Gasteiger partial charge in [0, 0.05) is 18.8 Å². The summed E-state index contributed by atoms with van der Waals surface area (Å²) in [6.07, 6.45) is 2.13. The van der Waals surface area contributed by atoms with Crippen molar-refractivity contribution in [2.24, 2.45) is 10.1 Å². The van der Waals surface area contributed by atoms with E-state index in [0.29, 0.717) is 0 Å². The van der Waals surface area contributed by atoms with Crippen LogP contribution in [-0.2, 0) is 6.42 Å². The Morgan fingerprint density at radius 3 is 2.93 bits per heavy atom. The van der Waals surface area contributed by atoms with Gasteiger partial charge in [0.2, 0.25) is 0 Å². The Morgan fingerprint density at radius 2 is 2.21 bits per heavy atom. The summed E-state index contributed by atoms with van der Waals surface area (Å²) < 4.78 is -0.350. The van der Waals surface area contributed by atoms with Gasteiger partial charge in [-0.2, -0.15) is 5.10 Å². The van der Waals surface area contributed by atoms with Crippen molar-refractivity contribution in [3.05, 3.63) is 51.7 Å². The molecule has 7 heteroatoms. The molecule has 3 heterocycles. The molecule has 1 aromatic carbocycles. The van der Waals surface area contributed by atoms with Crippen molar-refractivity contribution < 1.29 is 4.79 Å². The average Bonchev–Trinajstić information content (AvgIpc) is 3.19. The topological polar surface area (TPSA) is 57.1 Å². The van der Waals surface area contributed by atoms with Gasteiger partial charge in [0.05, 0.1) is 15.3 Å². The molecule has 0 saturated carbocycles. The number of amidine groups is 1. The van der Waals surface area contributed by atoms with E-state index in [0.717, 1.165) is 43.0 Å². The van der Waals surface area contributed by atoms with Crippen LogP contribution in [0.4, 0.5) is 10.5 Å². The summed E-state index contributed by atoms with van der Waals surface area (Å²) in [5.41, 5.74) is 7.13. The lowest BCUT2D eigenvalue weighted by molar-refractivity contribution is 0.260. The standard InChI is InChI=1S/C21H24N4OS2/c1-4-22-19(17-8-6-12-27-17)25-11-5-7-14-13-15(9-10-16(14)25)18-21(2,3)28-20(26)24-23-18/h6,8-10,12-13H,4-5,7,11H2,1-3H3,(H,24,26). The Morgan fingerprint density at radius 1 is 1.36 bits per heavy atom. The molecule has 0 aliphatic carbocycles. The maximum Gasteiger partial charge on any atom is 0.300 e. The van der Waals surface area contributed by atoms with Crippen molar-refractivity contribution in [1.82, 2.24) is 5.43 Å². The Labute approximate surface area is 173 Å². The van der Waals surface area contributed by atoms with E-state index in [9.17, 15) is 4.79 Å². The Bertz CT molecular complexity index is 947. The van der Waals surface area contributed by atoms with E-state index in [1.54, 1.807) is 11.3 Å². The average molecular weight is 413 g/mol. The third-order valence-electron chi connectivity index (χ3n) is 4.95. The molecule has 0 saturated heterocycles. The van der Waals surface area contributed by atoms with E-state index in [4.69, 9.17) is 4.99 Å². The lowest BCUT2D eigenvalue weighted by Gasteiger charge is -2.33. The molecule has 1 N–H and O–H groups in total. The number of hydrazone groups is 1. The normalized spacial score (nSPS) is 19.1. The second-order valence-corrected chi connectivity index (χ2v) is 9.89. The van der Waals surface area contributed by atoms with Crippen molar-refractivity contribution in [2.75, 3.05) is 18.0 Å². The monoisotopic (exact) mass is 412 g/mol. The van der Waals surface area contributed by atoms with Gasteiger partial charge in [0.1, 0.15) is 5.84 Å². The molecule has 1 aromatic heterocycles. The first kappa shape index (κ1) is 19.2. The minimum absolute atomic E-state index is 0.103. The largest absolute Gasteiger partial charge is 0.325 e. The van der Waals surface area contributed by atoms with Crippen molar-refractivity contribution in [3.63, 3.8) is 0 Å². The molecule has 0 atom stereocenters. The van der Waals surface area contributed by atoms with Gasteiger partial charge in [-0.05, 0) is 68.3 Å². The van der Waals surface area contributed by atoms with E-state index < -0.39 is 0 Å². The zero-order valence-corrected chi connectivity index (χ0v) is 18.0. The minimum Gasteiger partial charge on any atom is -0.325 e. The number of rotatable bonds is 3. The fourth-order valence-corrected chi connectivity index (χ4v) is 5.32. The molecule has 2 aromatic rings. The Kier molecular flexibility index (Phi) is 5.29.